The Morgan fingerprint density at radius 3 is 2.00 bits per heavy atom. The second-order valence-electron chi connectivity index (χ2n) is 6.12. The molecule has 0 aliphatic carbocycles. The van der Waals surface area contributed by atoms with Gasteiger partial charge >= 0.3 is 11.9 Å². The summed E-state index contributed by atoms with van der Waals surface area (Å²) in [6.45, 7) is 3.91. The summed E-state index contributed by atoms with van der Waals surface area (Å²) in [4.78, 5) is 47.4. The average Bonchev–Trinajstić information content (AvgIpc) is 2.73. The zero-order chi connectivity index (χ0) is 23.3. The first-order valence-corrected chi connectivity index (χ1v) is 10.0. The van der Waals surface area contributed by atoms with Gasteiger partial charge in [0.15, 0.2) is 0 Å². The number of esters is 1. The number of carbonyl (C=O) groups is 4. The lowest BCUT2D eigenvalue weighted by molar-refractivity contribution is -0.144. The molecule has 2 amide bonds. The summed E-state index contributed by atoms with van der Waals surface area (Å²) in [5.74, 6) is -2.76. The molecule has 0 bridgehead atoms. The van der Waals surface area contributed by atoms with Gasteiger partial charge in [0.1, 0.15) is 6.54 Å². The third-order valence-electron chi connectivity index (χ3n) is 3.66. The van der Waals surface area contributed by atoms with Crippen molar-refractivity contribution in [1.29, 1.82) is 0 Å². The number of carboxylic acid groups (broad SMARTS) is 1. The van der Waals surface area contributed by atoms with Crippen molar-refractivity contribution < 1.29 is 48.0 Å². The van der Waals surface area contributed by atoms with Crippen LogP contribution in [-0.4, -0.2) is 113 Å². The van der Waals surface area contributed by atoms with Crippen LogP contribution in [0, 0.1) is 0 Å². The van der Waals surface area contributed by atoms with Crippen molar-refractivity contribution >= 4 is 23.8 Å². The Bertz CT molecular complexity index is 530. The molecule has 0 atom stereocenters. The molecule has 0 radical (unpaired) electrons. The van der Waals surface area contributed by atoms with E-state index in [4.69, 9.17) is 28.8 Å². The number of hydrogen-bond acceptors (Lipinski definition) is 9. The number of ether oxygens (including phenoxy) is 5. The lowest BCUT2D eigenvalue weighted by Crippen LogP contribution is -2.43. The van der Waals surface area contributed by atoms with E-state index >= 15 is 0 Å². The van der Waals surface area contributed by atoms with E-state index in [1.54, 1.807) is 14.0 Å². The fourth-order valence-corrected chi connectivity index (χ4v) is 2.13. The minimum Gasteiger partial charge on any atom is -0.481 e. The number of aliphatic carboxylic acids is 1. The fourth-order valence-electron chi connectivity index (χ4n) is 2.13. The normalized spacial score (nSPS) is 10.5. The molecule has 0 aliphatic rings. The Morgan fingerprint density at radius 1 is 0.871 bits per heavy atom. The van der Waals surface area contributed by atoms with E-state index in [2.05, 4.69) is 5.32 Å². The number of nitrogens with one attached hydrogen (secondary N) is 1. The molecule has 12 heteroatoms. The fraction of sp³-hybridized carbons (Fsp3) is 0.789. The molecule has 0 fully saturated rings. The SMILES string of the molecule is CCOC(=O)CNC(=O)CN(CCOCCOCCOCCOC)C(=O)CCC(=O)O. The van der Waals surface area contributed by atoms with Gasteiger partial charge in [-0.1, -0.05) is 0 Å². The van der Waals surface area contributed by atoms with Crippen LogP contribution in [-0.2, 0) is 42.9 Å². The summed E-state index contributed by atoms with van der Waals surface area (Å²) in [5.41, 5.74) is 0. The van der Waals surface area contributed by atoms with E-state index in [0.717, 1.165) is 0 Å². The zero-order valence-electron chi connectivity index (χ0n) is 18.3. The summed E-state index contributed by atoms with van der Waals surface area (Å²) in [6.07, 6.45) is -0.590. The summed E-state index contributed by atoms with van der Waals surface area (Å²) >= 11 is 0. The third-order valence-corrected chi connectivity index (χ3v) is 3.66. The van der Waals surface area contributed by atoms with Crippen molar-refractivity contribution in [3.8, 4) is 0 Å². The van der Waals surface area contributed by atoms with E-state index in [1.165, 1.54) is 4.90 Å². The first-order chi connectivity index (χ1) is 14.9. The van der Waals surface area contributed by atoms with E-state index in [-0.39, 0.29) is 52.3 Å². The third kappa shape index (κ3) is 18.2. The maximum absolute atomic E-state index is 12.2. The van der Waals surface area contributed by atoms with Gasteiger partial charge in [-0.15, -0.1) is 0 Å². The maximum atomic E-state index is 12.2. The van der Waals surface area contributed by atoms with E-state index in [9.17, 15) is 19.2 Å². The highest BCUT2D eigenvalue weighted by Crippen LogP contribution is 1.99. The second kappa shape index (κ2) is 19.7. The van der Waals surface area contributed by atoms with Gasteiger partial charge in [0.2, 0.25) is 11.8 Å². The van der Waals surface area contributed by atoms with E-state index in [1.807, 2.05) is 0 Å². The summed E-state index contributed by atoms with van der Waals surface area (Å²) < 4.78 is 25.5. The van der Waals surface area contributed by atoms with Crippen molar-refractivity contribution in [2.45, 2.75) is 19.8 Å². The number of rotatable bonds is 20. The highest BCUT2D eigenvalue weighted by molar-refractivity contribution is 5.88. The molecule has 180 valence electrons. The Morgan fingerprint density at radius 2 is 1.45 bits per heavy atom. The van der Waals surface area contributed by atoms with Gasteiger partial charge < -0.3 is 39.0 Å². The molecular weight excluding hydrogens is 416 g/mol. The molecule has 0 aromatic rings. The van der Waals surface area contributed by atoms with Crippen molar-refractivity contribution in [2.75, 3.05) is 79.6 Å². The van der Waals surface area contributed by atoms with Crippen molar-refractivity contribution in [2.24, 2.45) is 0 Å². The number of amides is 2. The molecule has 2 N–H and O–H groups in total. The van der Waals surface area contributed by atoms with Crippen LogP contribution in [0.1, 0.15) is 19.8 Å². The van der Waals surface area contributed by atoms with Gasteiger partial charge in [-0.2, -0.15) is 0 Å². The topological polar surface area (TPSA) is 150 Å². The first kappa shape index (κ1) is 28.7. The van der Waals surface area contributed by atoms with Crippen LogP contribution in [0.15, 0.2) is 0 Å². The predicted molar refractivity (Wildman–Crippen MR) is 107 cm³/mol. The van der Waals surface area contributed by atoms with Gasteiger partial charge in [0.25, 0.3) is 0 Å². The van der Waals surface area contributed by atoms with Crippen molar-refractivity contribution in [3.63, 3.8) is 0 Å². The van der Waals surface area contributed by atoms with Gasteiger partial charge in [0.05, 0.1) is 65.8 Å². The number of nitrogens with zero attached hydrogens (tertiary/aromatic N) is 1. The Hall–Kier alpha value is -2.28. The monoisotopic (exact) mass is 450 g/mol. The molecule has 0 aromatic heterocycles. The molecular formula is C19H34N2O10. The molecule has 0 rings (SSSR count). The summed E-state index contributed by atoms with van der Waals surface area (Å²) in [7, 11) is 1.59. The van der Waals surface area contributed by atoms with Crippen LogP contribution in [0.2, 0.25) is 0 Å². The molecule has 0 saturated heterocycles. The highest BCUT2D eigenvalue weighted by Gasteiger charge is 2.18. The van der Waals surface area contributed by atoms with Gasteiger partial charge in [0, 0.05) is 20.1 Å². The molecule has 0 unspecified atom stereocenters. The first-order valence-electron chi connectivity index (χ1n) is 10.0. The molecule has 0 aliphatic heterocycles. The largest absolute Gasteiger partial charge is 0.481 e. The molecule has 0 heterocycles. The standard InChI is InChI=1S/C19H34N2O10/c1-3-31-19(26)14-20-16(22)15-21(17(23)4-5-18(24)25)6-7-28-10-11-30-13-12-29-9-8-27-2/h3-15H2,1-2H3,(H,20,22)(H,24,25). The van der Waals surface area contributed by atoms with Crippen molar-refractivity contribution in [3.05, 3.63) is 0 Å². The van der Waals surface area contributed by atoms with Crippen LogP contribution in [0.25, 0.3) is 0 Å². The van der Waals surface area contributed by atoms with Crippen LogP contribution in [0.3, 0.4) is 0 Å². The lowest BCUT2D eigenvalue weighted by Gasteiger charge is -2.22. The van der Waals surface area contributed by atoms with Gasteiger partial charge in [-0.05, 0) is 6.92 Å². The Kier molecular flexibility index (Phi) is 18.2. The molecule has 0 aromatic carbocycles. The molecule has 0 spiro atoms. The average molecular weight is 450 g/mol. The maximum Gasteiger partial charge on any atom is 0.325 e. The van der Waals surface area contributed by atoms with Gasteiger partial charge in [-0.3, -0.25) is 19.2 Å². The minimum atomic E-state index is -1.11. The molecule has 31 heavy (non-hydrogen) atoms. The smallest absolute Gasteiger partial charge is 0.325 e. The highest BCUT2D eigenvalue weighted by atomic mass is 16.6. The van der Waals surface area contributed by atoms with E-state index in [0.29, 0.717) is 33.0 Å². The predicted octanol–water partition coefficient (Wildman–Crippen LogP) is -0.945. The zero-order valence-corrected chi connectivity index (χ0v) is 18.3. The Balaban J connectivity index is 4.19. The number of hydrogen-bond donors (Lipinski definition) is 2. The number of carboxylic acids is 1. The van der Waals surface area contributed by atoms with Crippen molar-refractivity contribution in [1.82, 2.24) is 10.2 Å². The van der Waals surface area contributed by atoms with E-state index < -0.39 is 23.8 Å². The minimum absolute atomic E-state index is 0.0887. The number of methoxy groups -OCH3 is 1. The summed E-state index contributed by atoms with van der Waals surface area (Å²) in [6, 6.07) is 0. The van der Waals surface area contributed by atoms with Crippen LogP contribution < -0.4 is 5.32 Å². The number of carbonyl (C=O) groups excluding carboxylic acids is 3. The van der Waals surface area contributed by atoms with Crippen LogP contribution in [0.4, 0.5) is 0 Å². The Labute approximate surface area is 182 Å². The lowest BCUT2D eigenvalue weighted by atomic mass is 10.2. The second-order valence-corrected chi connectivity index (χ2v) is 6.12. The van der Waals surface area contributed by atoms with Crippen LogP contribution >= 0.6 is 0 Å². The molecule has 12 nitrogen and oxygen atoms in total. The van der Waals surface area contributed by atoms with Gasteiger partial charge in [-0.25, -0.2) is 0 Å². The summed E-state index contributed by atoms with van der Waals surface area (Å²) in [5, 5.41) is 11.1. The quantitative estimate of drug-likeness (QED) is 0.176. The van der Waals surface area contributed by atoms with Crippen LogP contribution in [0.5, 0.6) is 0 Å². The molecule has 0 saturated carbocycles.